The van der Waals surface area contributed by atoms with Crippen LogP contribution in [-0.4, -0.2) is 62.1 Å². The lowest BCUT2D eigenvalue weighted by Gasteiger charge is -2.26. The van der Waals surface area contributed by atoms with Crippen LogP contribution in [0.3, 0.4) is 0 Å². The van der Waals surface area contributed by atoms with Gasteiger partial charge in [0.05, 0.1) is 23.8 Å². The summed E-state index contributed by atoms with van der Waals surface area (Å²) < 4.78 is 5.33. The minimum atomic E-state index is -0.609. The topological polar surface area (TPSA) is 70.7 Å². The van der Waals surface area contributed by atoms with Crippen LogP contribution in [0.15, 0.2) is 18.2 Å². The van der Waals surface area contributed by atoms with Gasteiger partial charge in [0, 0.05) is 24.7 Å². The van der Waals surface area contributed by atoms with Crippen molar-refractivity contribution in [1.82, 2.24) is 15.5 Å². The molecule has 1 atom stereocenters. The summed E-state index contributed by atoms with van der Waals surface area (Å²) in [6.07, 6.45) is 1.41. The van der Waals surface area contributed by atoms with Crippen LogP contribution in [0.25, 0.3) is 0 Å². The van der Waals surface area contributed by atoms with Gasteiger partial charge in [-0.2, -0.15) is 0 Å². The first-order chi connectivity index (χ1) is 13.4. The number of rotatable bonds is 9. The molecule has 6 nitrogen and oxygen atoms in total. The van der Waals surface area contributed by atoms with Gasteiger partial charge in [-0.15, -0.1) is 0 Å². The highest BCUT2D eigenvalue weighted by Gasteiger charge is 2.23. The van der Waals surface area contributed by atoms with Crippen molar-refractivity contribution in [3.8, 4) is 0 Å². The van der Waals surface area contributed by atoms with Crippen LogP contribution in [0.1, 0.15) is 37.0 Å². The number of carbonyl (C=O) groups excluding carboxylic acids is 2. The Morgan fingerprint density at radius 2 is 1.93 bits per heavy atom. The van der Waals surface area contributed by atoms with Crippen LogP contribution in [0.4, 0.5) is 0 Å². The number of amides is 2. The van der Waals surface area contributed by atoms with E-state index in [4.69, 9.17) is 27.9 Å². The molecule has 1 aromatic carbocycles. The van der Waals surface area contributed by atoms with Gasteiger partial charge in [0.2, 0.25) is 5.91 Å². The van der Waals surface area contributed by atoms with Gasteiger partial charge >= 0.3 is 0 Å². The maximum atomic E-state index is 12.6. The van der Waals surface area contributed by atoms with Gasteiger partial charge in [0.15, 0.2) is 0 Å². The molecular formula is C20H29Cl2N3O3. The van der Waals surface area contributed by atoms with E-state index in [1.165, 1.54) is 6.07 Å². The lowest BCUT2D eigenvalue weighted by Crippen LogP contribution is -2.48. The van der Waals surface area contributed by atoms with Crippen molar-refractivity contribution in [2.75, 3.05) is 39.4 Å². The second kappa shape index (κ2) is 11.6. The molecule has 2 N–H and O–H groups in total. The minimum Gasteiger partial charge on any atom is -0.379 e. The van der Waals surface area contributed by atoms with Crippen molar-refractivity contribution in [1.29, 1.82) is 0 Å². The fourth-order valence-electron chi connectivity index (χ4n) is 3.07. The van der Waals surface area contributed by atoms with Gasteiger partial charge in [0.25, 0.3) is 5.91 Å². The smallest absolute Gasteiger partial charge is 0.253 e. The van der Waals surface area contributed by atoms with Gasteiger partial charge in [-0.25, -0.2) is 0 Å². The van der Waals surface area contributed by atoms with Gasteiger partial charge in [-0.3, -0.25) is 14.5 Å². The molecule has 0 bridgehead atoms. The maximum Gasteiger partial charge on any atom is 0.253 e. The van der Waals surface area contributed by atoms with E-state index in [0.29, 0.717) is 23.6 Å². The third-order valence-corrected chi connectivity index (χ3v) is 5.11. The standard InChI is InChI=1S/C20H29Cl2N3O3/c1-14(2)12-18(24-19(26)16-5-4-15(21)13-17(16)22)20(27)23-6-3-7-25-8-10-28-11-9-25/h4-5,13-14,18H,3,6-12H2,1-2H3,(H,23,27)(H,24,26). The molecule has 0 spiro atoms. The highest BCUT2D eigenvalue weighted by atomic mass is 35.5. The molecule has 1 aromatic rings. The molecule has 0 radical (unpaired) electrons. The number of hydrogen-bond acceptors (Lipinski definition) is 4. The molecule has 0 aromatic heterocycles. The van der Waals surface area contributed by atoms with Crippen LogP contribution < -0.4 is 10.6 Å². The van der Waals surface area contributed by atoms with E-state index in [1.807, 2.05) is 13.8 Å². The maximum absolute atomic E-state index is 12.6. The third-order valence-electron chi connectivity index (χ3n) is 4.56. The molecule has 1 aliphatic heterocycles. The molecule has 1 fully saturated rings. The molecule has 8 heteroatoms. The summed E-state index contributed by atoms with van der Waals surface area (Å²) in [5.74, 6) is -0.296. The second-order valence-corrected chi connectivity index (χ2v) is 8.22. The van der Waals surface area contributed by atoms with E-state index < -0.39 is 6.04 Å². The first-order valence-electron chi connectivity index (χ1n) is 9.70. The predicted molar refractivity (Wildman–Crippen MR) is 112 cm³/mol. The predicted octanol–water partition coefficient (Wildman–Crippen LogP) is 2.98. The fourth-order valence-corrected chi connectivity index (χ4v) is 3.57. The highest BCUT2D eigenvalue weighted by Crippen LogP contribution is 2.21. The van der Waals surface area contributed by atoms with Crippen LogP contribution in [0.2, 0.25) is 10.0 Å². The van der Waals surface area contributed by atoms with E-state index in [9.17, 15) is 9.59 Å². The molecule has 1 unspecified atom stereocenters. The number of halogens is 2. The zero-order valence-corrected chi connectivity index (χ0v) is 18.0. The normalized spacial score (nSPS) is 16.0. The van der Waals surface area contributed by atoms with Crippen molar-refractivity contribution in [2.24, 2.45) is 5.92 Å². The Morgan fingerprint density at radius 1 is 1.21 bits per heavy atom. The fraction of sp³-hybridized carbons (Fsp3) is 0.600. The van der Waals surface area contributed by atoms with E-state index in [2.05, 4.69) is 15.5 Å². The van der Waals surface area contributed by atoms with Gasteiger partial charge in [0.1, 0.15) is 6.04 Å². The Labute approximate surface area is 176 Å². The zero-order valence-electron chi connectivity index (χ0n) is 16.5. The van der Waals surface area contributed by atoms with Gasteiger partial charge in [-0.05, 0) is 43.5 Å². The number of benzene rings is 1. The number of carbonyl (C=O) groups is 2. The molecule has 0 saturated carbocycles. The van der Waals surface area contributed by atoms with Crippen LogP contribution in [-0.2, 0) is 9.53 Å². The summed E-state index contributed by atoms with van der Waals surface area (Å²) in [5.41, 5.74) is 0.306. The summed E-state index contributed by atoms with van der Waals surface area (Å²) in [7, 11) is 0. The van der Waals surface area contributed by atoms with E-state index >= 15 is 0 Å². The van der Waals surface area contributed by atoms with E-state index in [-0.39, 0.29) is 22.8 Å². The summed E-state index contributed by atoms with van der Waals surface area (Å²) in [4.78, 5) is 27.5. The largest absolute Gasteiger partial charge is 0.379 e. The Hall–Kier alpha value is -1.34. The molecule has 1 saturated heterocycles. The number of morpholine rings is 1. The van der Waals surface area contributed by atoms with E-state index in [0.717, 1.165) is 39.3 Å². The highest BCUT2D eigenvalue weighted by molar-refractivity contribution is 6.36. The van der Waals surface area contributed by atoms with Crippen LogP contribution in [0.5, 0.6) is 0 Å². The lowest BCUT2D eigenvalue weighted by molar-refractivity contribution is -0.123. The summed E-state index contributed by atoms with van der Waals surface area (Å²) in [5, 5.41) is 6.47. The molecule has 0 aliphatic carbocycles. The van der Waals surface area contributed by atoms with Crippen molar-refractivity contribution < 1.29 is 14.3 Å². The van der Waals surface area contributed by atoms with Crippen LogP contribution in [0, 0.1) is 5.92 Å². The monoisotopic (exact) mass is 429 g/mol. The summed E-state index contributed by atoms with van der Waals surface area (Å²) in [6.45, 7) is 8.92. The summed E-state index contributed by atoms with van der Waals surface area (Å²) >= 11 is 12.0. The van der Waals surface area contributed by atoms with Crippen molar-refractivity contribution in [2.45, 2.75) is 32.7 Å². The number of nitrogens with zero attached hydrogens (tertiary/aromatic N) is 1. The molecule has 1 heterocycles. The average molecular weight is 430 g/mol. The number of hydrogen-bond donors (Lipinski definition) is 2. The first kappa shape index (κ1) is 22.9. The third kappa shape index (κ3) is 7.59. The first-order valence-corrected chi connectivity index (χ1v) is 10.5. The molecule has 28 heavy (non-hydrogen) atoms. The zero-order chi connectivity index (χ0) is 20.5. The summed E-state index contributed by atoms with van der Waals surface area (Å²) in [6, 6.07) is 4.07. The van der Waals surface area contributed by atoms with Gasteiger partial charge < -0.3 is 15.4 Å². The molecule has 2 amide bonds. The second-order valence-electron chi connectivity index (χ2n) is 7.38. The Balaban J connectivity index is 1.86. The van der Waals surface area contributed by atoms with Gasteiger partial charge in [-0.1, -0.05) is 37.0 Å². The number of ether oxygens (including phenoxy) is 1. The number of nitrogens with one attached hydrogen (secondary N) is 2. The van der Waals surface area contributed by atoms with Crippen molar-refractivity contribution in [3.63, 3.8) is 0 Å². The molecular weight excluding hydrogens is 401 g/mol. The Bertz CT molecular complexity index is 664. The van der Waals surface area contributed by atoms with Crippen LogP contribution >= 0.6 is 23.2 Å². The quantitative estimate of drug-likeness (QED) is 0.591. The average Bonchev–Trinajstić information content (AvgIpc) is 2.65. The lowest BCUT2D eigenvalue weighted by atomic mass is 10.0. The molecule has 1 aliphatic rings. The van der Waals surface area contributed by atoms with Crippen molar-refractivity contribution in [3.05, 3.63) is 33.8 Å². The Morgan fingerprint density at radius 3 is 2.57 bits per heavy atom. The molecule has 156 valence electrons. The molecule has 2 rings (SSSR count). The van der Waals surface area contributed by atoms with E-state index in [1.54, 1.807) is 12.1 Å². The van der Waals surface area contributed by atoms with Crippen molar-refractivity contribution >= 4 is 35.0 Å². The Kier molecular flexibility index (Phi) is 9.51. The minimum absolute atomic E-state index is 0.172. The SMILES string of the molecule is CC(C)CC(NC(=O)c1ccc(Cl)cc1Cl)C(=O)NCCCN1CCOCC1.